The largest absolute Gasteiger partial charge is 0.457 e. The third-order valence-corrected chi connectivity index (χ3v) is 3.76. The molecule has 0 aliphatic heterocycles. The van der Waals surface area contributed by atoms with Crippen LogP contribution in [-0.2, 0) is 6.42 Å². The van der Waals surface area contributed by atoms with Gasteiger partial charge in [-0.2, -0.15) is 0 Å². The van der Waals surface area contributed by atoms with Crippen LogP contribution in [0.25, 0.3) is 0 Å². The Morgan fingerprint density at radius 3 is 2.29 bits per heavy atom. The molecule has 2 N–H and O–H groups in total. The van der Waals surface area contributed by atoms with Crippen molar-refractivity contribution in [2.75, 3.05) is 0 Å². The molecular formula is C16H16Cl3NO. The first kappa shape index (κ1) is 16.4. The van der Waals surface area contributed by atoms with Crippen LogP contribution in [0.15, 0.2) is 36.4 Å². The van der Waals surface area contributed by atoms with Gasteiger partial charge in [0.25, 0.3) is 0 Å². The highest BCUT2D eigenvalue weighted by molar-refractivity contribution is 6.34. The standard InChI is InChI=1S/C16H16Cl3NO/c1-2-14(20)6-10-5-11(17)3-4-16(10)21-15-8-12(18)7-13(19)9-15/h3-5,7-9,14H,2,6,20H2,1H3. The summed E-state index contributed by atoms with van der Waals surface area (Å²) in [6, 6.07) is 10.6. The SMILES string of the molecule is CCC(N)Cc1cc(Cl)ccc1Oc1cc(Cl)cc(Cl)c1. The lowest BCUT2D eigenvalue weighted by atomic mass is 10.0. The summed E-state index contributed by atoms with van der Waals surface area (Å²) < 4.78 is 5.89. The van der Waals surface area contributed by atoms with E-state index in [2.05, 4.69) is 0 Å². The highest BCUT2D eigenvalue weighted by atomic mass is 35.5. The van der Waals surface area contributed by atoms with Gasteiger partial charge in [0.1, 0.15) is 11.5 Å². The predicted molar refractivity (Wildman–Crippen MR) is 90.0 cm³/mol. The van der Waals surface area contributed by atoms with Gasteiger partial charge in [0.2, 0.25) is 0 Å². The molecule has 1 atom stereocenters. The van der Waals surface area contributed by atoms with E-state index in [0.717, 1.165) is 12.0 Å². The molecule has 0 fully saturated rings. The molecule has 0 aliphatic rings. The highest BCUT2D eigenvalue weighted by Crippen LogP contribution is 2.32. The van der Waals surface area contributed by atoms with Crippen molar-refractivity contribution in [3.63, 3.8) is 0 Å². The van der Waals surface area contributed by atoms with Crippen molar-refractivity contribution in [2.45, 2.75) is 25.8 Å². The minimum Gasteiger partial charge on any atom is -0.457 e. The second-order valence-corrected chi connectivity index (χ2v) is 6.14. The fourth-order valence-corrected chi connectivity index (χ4v) is 2.65. The Balaban J connectivity index is 2.30. The number of hydrogen-bond donors (Lipinski definition) is 1. The maximum Gasteiger partial charge on any atom is 0.130 e. The number of halogens is 3. The van der Waals surface area contributed by atoms with E-state index >= 15 is 0 Å². The summed E-state index contributed by atoms with van der Waals surface area (Å²) in [6.45, 7) is 2.05. The summed E-state index contributed by atoms with van der Waals surface area (Å²) in [5.74, 6) is 1.29. The Hall–Kier alpha value is -0.930. The van der Waals surface area contributed by atoms with Gasteiger partial charge in [-0.25, -0.2) is 0 Å². The Kier molecular flexibility index (Phi) is 5.77. The van der Waals surface area contributed by atoms with Crippen LogP contribution in [0, 0.1) is 0 Å². The van der Waals surface area contributed by atoms with Crippen LogP contribution in [0.2, 0.25) is 15.1 Å². The van der Waals surface area contributed by atoms with E-state index in [1.807, 2.05) is 19.1 Å². The molecule has 2 nitrogen and oxygen atoms in total. The first-order valence-corrected chi connectivity index (χ1v) is 7.79. The Labute approximate surface area is 139 Å². The van der Waals surface area contributed by atoms with Crippen LogP contribution >= 0.6 is 34.8 Å². The van der Waals surface area contributed by atoms with Crippen LogP contribution in [-0.4, -0.2) is 6.04 Å². The molecule has 0 amide bonds. The molecule has 0 aromatic heterocycles. The number of rotatable bonds is 5. The molecule has 1 unspecified atom stereocenters. The van der Waals surface area contributed by atoms with Crippen LogP contribution in [0.4, 0.5) is 0 Å². The van der Waals surface area contributed by atoms with Crippen molar-refractivity contribution in [1.29, 1.82) is 0 Å². The van der Waals surface area contributed by atoms with Crippen LogP contribution in [0.5, 0.6) is 11.5 Å². The van der Waals surface area contributed by atoms with E-state index in [4.69, 9.17) is 45.3 Å². The van der Waals surface area contributed by atoms with Crippen LogP contribution in [0.1, 0.15) is 18.9 Å². The second-order valence-electron chi connectivity index (χ2n) is 4.83. The third-order valence-electron chi connectivity index (χ3n) is 3.09. The van der Waals surface area contributed by atoms with Crippen molar-refractivity contribution in [3.05, 3.63) is 57.0 Å². The average Bonchev–Trinajstić information content (AvgIpc) is 2.40. The zero-order chi connectivity index (χ0) is 15.4. The van der Waals surface area contributed by atoms with Gasteiger partial charge in [0.15, 0.2) is 0 Å². The van der Waals surface area contributed by atoms with E-state index in [1.165, 1.54) is 0 Å². The molecule has 0 radical (unpaired) electrons. The Morgan fingerprint density at radius 1 is 1.00 bits per heavy atom. The molecule has 0 bridgehead atoms. The van der Waals surface area contributed by atoms with E-state index in [1.54, 1.807) is 24.3 Å². The number of nitrogens with two attached hydrogens (primary N) is 1. The maximum atomic E-state index is 6.06. The van der Waals surface area contributed by atoms with Gasteiger partial charge in [-0.05, 0) is 54.8 Å². The number of hydrogen-bond acceptors (Lipinski definition) is 2. The summed E-state index contributed by atoms with van der Waals surface area (Å²) in [5.41, 5.74) is 6.99. The number of benzene rings is 2. The summed E-state index contributed by atoms with van der Waals surface area (Å²) in [7, 11) is 0. The lowest BCUT2D eigenvalue weighted by molar-refractivity contribution is 0.472. The minimum atomic E-state index is 0.0637. The molecule has 5 heteroatoms. The molecule has 0 spiro atoms. The van der Waals surface area contributed by atoms with Crippen molar-refractivity contribution >= 4 is 34.8 Å². The normalized spacial score (nSPS) is 12.2. The van der Waals surface area contributed by atoms with Gasteiger partial charge < -0.3 is 10.5 Å². The van der Waals surface area contributed by atoms with Gasteiger partial charge in [-0.3, -0.25) is 0 Å². The van der Waals surface area contributed by atoms with E-state index in [9.17, 15) is 0 Å². The lowest BCUT2D eigenvalue weighted by Crippen LogP contribution is -2.21. The molecule has 2 rings (SSSR count). The lowest BCUT2D eigenvalue weighted by Gasteiger charge is -2.15. The Bertz CT molecular complexity index is 611. The molecule has 2 aromatic rings. The van der Waals surface area contributed by atoms with E-state index in [0.29, 0.717) is 33.0 Å². The van der Waals surface area contributed by atoms with Gasteiger partial charge in [-0.1, -0.05) is 41.7 Å². The van der Waals surface area contributed by atoms with E-state index in [-0.39, 0.29) is 6.04 Å². The predicted octanol–water partition coefficient (Wildman–Crippen LogP) is 5.72. The Morgan fingerprint density at radius 2 is 1.67 bits per heavy atom. The van der Waals surface area contributed by atoms with Crippen molar-refractivity contribution < 1.29 is 4.74 Å². The number of ether oxygens (including phenoxy) is 1. The molecule has 2 aromatic carbocycles. The molecule has 0 saturated heterocycles. The zero-order valence-corrected chi connectivity index (χ0v) is 13.8. The second kappa shape index (κ2) is 7.37. The summed E-state index contributed by atoms with van der Waals surface area (Å²) in [6.07, 6.45) is 1.58. The van der Waals surface area contributed by atoms with Crippen molar-refractivity contribution in [3.8, 4) is 11.5 Å². The minimum absolute atomic E-state index is 0.0637. The van der Waals surface area contributed by atoms with E-state index < -0.39 is 0 Å². The monoisotopic (exact) mass is 343 g/mol. The maximum absolute atomic E-state index is 6.06. The van der Waals surface area contributed by atoms with Crippen molar-refractivity contribution in [1.82, 2.24) is 0 Å². The summed E-state index contributed by atoms with van der Waals surface area (Å²) >= 11 is 18.0. The summed E-state index contributed by atoms with van der Waals surface area (Å²) in [4.78, 5) is 0. The molecule has 0 saturated carbocycles. The van der Waals surface area contributed by atoms with Crippen molar-refractivity contribution in [2.24, 2.45) is 5.73 Å². The average molecular weight is 345 g/mol. The first-order chi connectivity index (χ1) is 9.97. The third kappa shape index (κ3) is 4.79. The fourth-order valence-electron chi connectivity index (χ4n) is 1.95. The zero-order valence-electron chi connectivity index (χ0n) is 11.6. The van der Waals surface area contributed by atoms with Gasteiger partial charge >= 0.3 is 0 Å². The van der Waals surface area contributed by atoms with Gasteiger partial charge in [-0.15, -0.1) is 0 Å². The fraction of sp³-hybridized carbons (Fsp3) is 0.250. The molecule has 0 aliphatic carbocycles. The van der Waals surface area contributed by atoms with Crippen LogP contribution < -0.4 is 10.5 Å². The van der Waals surface area contributed by atoms with Gasteiger partial charge in [0, 0.05) is 21.1 Å². The highest BCUT2D eigenvalue weighted by Gasteiger charge is 2.10. The quantitative estimate of drug-likeness (QED) is 0.753. The topological polar surface area (TPSA) is 35.2 Å². The first-order valence-electron chi connectivity index (χ1n) is 6.66. The van der Waals surface area contributed by atoms with Crippen LogP contribution in [0.3, 0.4) is 0 Å². The molecule has 0 heterocycles. The molecule has 112 valence electrons. The molecular weight excluding hydrogens is 329 g/mol. The summed E-state index contributed by atoms with van der Waals surface area (Å²) in [5, 5.41) is 1.71. The smallest absolute Gasteiger partial charge is 0.130 e. The van der Waals surface area contributed by atoms with Gasteiger partial charge in [0.05, 0.1) is 0 Å². The molecule has 21 heavy (non-hydrogen) atoms.